The lowest BCUT2D eigenvalue weighted by Gasteiger charge is -2.46. The largest absolute Gasteiger partial charge is 0.359 e. The summed E-state index contributed by atoms with van der Waals surface area (Å²) in [5.41, 5.74) is 0. The van der Waals surface area contributed by atoms with Crippen molar-refractivity contribution in [2.24, 2.45) is 5.92 Å². The van der Waals surface area contributed by atoms with Crippen LogP contribution >= 0.6 is 0 Å². The molecule has 1 fully saturated rings. The number of piperidine rings is 1. The van der Waals surface area contributed by atoms with Crippen LogP contribution < -0.4 is 0 Å². The standard InChI is InChI=1S/C13H21NO3/c1-3-10-7-8-13(17-9-16-2)14-11(10)5-4-6-12(14)15/h4,6,10-11,13H,3,5,7-9H2,1-2H3/t10-,11+,13-/m1/s1. The molecule has 17 heavy (non-hydrogen) atoms. The number of amides is 1. The summed E-state index contributed by atoms with van der Waals surface area (Å²) in [5, 5.41) is 0. The molecule has 0 aromatic heterocycles. The van der Waals surface area contributed by atoms with Crippen molar-refractivity contribution in [2.75, 3.05) is 13.9 Å². The minimum absolute atomic E-state index is 0.0838. The number of ether oxygens (including phenoxy) is 2. The second-order valence-electron chi connectivity index (χ2n) is 4.72. The van der Waals surface area contributed by atoms with Crippen LogP contribution in [0.3, 0.4) is 0 Å². The molecule has 4 heteroatoms. The Bertz CT molecular complexity index is 303. The van der Waals surface area contributed by atoms with E-state index in [-0.39, 0.29) is 18.9 Å². The van der Waals surface area contributed by atoms with Gasteiger partial charge in [-0.05, 0) is 31.3 Å². The monoisotopic (exact) mass is 239 g/mol. The summed E-state index contributed by atoms with van der Waals surface area (Å²) in [5.74, 6) is 0.687. The van der Waals surface area contributed by atoms with Crippen LogP contribution in [0.25, 0.3) is 0 Å². The number of rotatable bonds is 4. The molecule has 1 saturated heterocycles. The average molecular weight is 239 g/mol. The van der Waals surface area contributed by atoms with E-state index in [0.717, 1.165) is 25.7 Å². The van der Waals surface area contributed by atoms with E-state index in [9.17, 15) is 4.79 Å². The number of methoxy groups -OCH3 is 1. The van der Waals surface area contributed by atoms with Gasteiger partial charge in [-0.25, -0.2) is 0 Å². The highest BCUT2D eigenvalue weighted by Crippen LogP contribution is 2.34. The van der Waals surface area contributed by atoms with Crippen molar-refractivity contribution < 1.29 is 14.3 Å². The molecule has 0 spiro atoms. The minimum atomic E-state index is -0.111. The molecule has 2 rings (SSSR count). The molecular weight excluding hydrogens is 218 g/mol. The van der Waals surface area contributed by atoms with Gasteiger partial charge in [0.25, 0.3) is 0 Å². The molecule has 96 valence electrons. The number of hydrogen-bond acceptors (Lipinski definition) is 3. The van der Waals surface area contributed by atoms with Gasteiger partial charge in [-0.2, -0.15) is 0 Å². The first-order chi connectivity index (χ1) is 8.27. The second-order valence-corrected chi connectivity index (χ2v) is 4.72. The molecule has 0 aromatic rings. The van der Waals surface area contributed by atoms with Crippen molar-refractivity contribution in [3.63, 3.8) is 0 Å². The molecular formula is C13H21NO3. The van der Waals surface area contributed by atoms with E-state index in [0.29, 0.717) is 12.0 Å². The third-order valence-electron chi connectivity index (χ3n) is 3.79. The van der Waals surface area contributed by atoms with Gasteiger partial charge in [0.1, 0.15) is 13.0 Å². The Labute approximate surface area is 103 Å². The summed E-state index contributed by atoms with van der Waals surface area (Å²) in [4.78, 5) is 13.9. The van der Waals surface area contributed by atoms with E-state index in [4.69, 9.17) is 9.47 Å². The van der Waals surface area contributed by atoms with E-state index >= 15 is 0 Å². The average Bonchev–Trinajstić information content (AvgIpc) is 2.36. The molecule has 0 radical (unpaired) electrons. The first-order valence-electron chi connectivity index (χ1n) is 6.37. The lowest BCUT2D eigenvalue weighted by Crippen LogP contribution is -2.55. The van der Waals surface area contributed by atoms with Gasteiger partial charge in [-0.3, -0.25) is 4.79 Å². The van der Waals surface area contributed by atoms with Crippen molar-refractivity contribution in [1.29, 1.82) is 0 Å². The van der Waals surface area contributed by atoms with Crippen molar-refractivity contribution in [1.82, 2.24) is 4.90 Å². The van der Waals surface area contributed by atoms with Crippen LogP contribution in [-0.2, 0) is 14.3 Å². The molecule has 2 heterocycles. The van der Waals surface area contributed by atoms with Crippen LogP contribution in [0.4, 0.5) is 0 Å². The fourth-order valence-electron chi connectivity index (χ4n) is 2.92. The SMILES string of the molecule is CC[C@@H]1CC[C@@H](OCOC)N2C(=O)C=CC[C@@H]12. The highest BCUT2D eigenvalue weighted by molar-refractivity contribution is 5.89. The predicted molar refractivity (Wildman–Crippen MR) is 64.2 cm³/mol. The Morgan fingerprint density at radius 2 is 2.29 bits per heavy atom. The van der Waals surface area contributed by atoms with Gasteiger partial charge in [-0.15, -0.1) is 0 Å². The highest BCUT2D eigenvalue weighted by Gasteiger charge is 2.39. The third kappa shape index (κ3) is 2.53. The van der Waals surface area contributed by atoms with Gasteiger partial charge in [0.2, 0.25) is 5.91 Å². The molecule has 4 nitrogen and oxygen atoms in total. The van der Waals surface area contributed by atoms with Crippen LogP contribution in [-0.4, -0.2) is 37.0 Å². The lowest BCUT2D eigenvalue weighted by molar-refractivity contribution is -0.179. The van der Waals surface area contributed by atoms with Crippen molar-refractivity contribution in [2.45, 2.75) is 44.9 Å². The topological polar surface area (TPSA) is 38.8 Å². The van der Waals surface area contributed by atoms with Crippen molar-refractivity contribution >= 4 is 5.91 Å². The van der Waals surface area contributed by atoms with Gasteiger partial charge in [0.05, 0.1) is 0 Å². The maximum Gasteiger partial charge on any atom is 0.248 e. The first kappa shape index (κ1) is 12.6. The highest BCUT2D eigenvalue weighted by atomic mass is 16.7. The first-order valence-corrected chi connectivity index (χ1v) is 6.37. The Balaban J connectivity index is 2.11. The molecule has 0 aromatic carbocycles. The van der Waals surface area contributed by atoms with Gasteiger partial charge in [-0.1, -0.05) is 19.4 Å². The molecule has 0 bridgehead atoms. The fourth-order valence-corrected chi connectivity index (χ4v) is 2.92. The summed E-state index contributed by atoms with van der Waals surface area (Å²) in [7, 11) is 1.60. The van der Waals surface area contributed by atoms with Gasteiger partial charge >= 0.3 is 0 Å². The Hall–Kier alpha value is -0.870. The Kier molecular flexibility index (Phi) is 4.18. The summed E-state index contributed by atoms with van der Waals surface area (Å²) >= 11 is 0. The van der Waals surface area contributed by atoms with E-state index in [1.54, 1.807) is 13.2 Å². The number of fused-ring (bicyclic) bond motifs is 1. The fraction of sp³-hybridized carbons (Fsp3) is 0.769. The van der Waals surface area contributed by atoms with Crippen LogP contribution in [0.2, 0.25) is 0 Å². The van der Waals surface area contributed by atoms with Crippen LogP contribution in [0.15, 0.2) is 12.2 Å². The van der Waals surface area contributed by atoms with Crippen molar-refractivity contribution in [3.8, 4) is 0 Å². The Morgan fingerprint density at radius 3 is 3.00 bits per heavy atom. The van der Waals surface area contributed by atoms with Gasteiger partial charge in [0, 0.05) is 13.2 Å². The molecule has 0 N–H and O–H groups in total. The van der Waals surface area contributed by atoms with E-state index in [2.05, 4.69) is 6.92 Å². The van der Waals surface area contributed by atoms with Crippen molar-refractivity contribution in [3.05, 3.63) is 12.2 Å². The number of nitrogens with zero attached hydrogens (tertiary/aromatic N) is 1. The molecule has 1 amide bonds. The zero-order valence-corrected chi connectivity index (χ0v) is 10.6. The minimum Gasteiger partial charge on any atom is -0.359 e. The maximum atomic E-state index is 12.0. The zero-order valence-electron chi connectivity index (χ0n) is 10.6. The second kappa shape index (κ2) is 5.65. The van der Waals surface area contributed by atoms with E-state index in [1.807, 2.05) is 11.0 Å². The molecule has 3 atom stereocenters. The van der Waals surface area contributed by atoms with Gasteiger partial charge < -0.3 is 14.4 Å². The summed E-state index contributed by atoms with van der Waals surface area (Å²) in [6.45, 7) is 2.45. The van der Waals surface area contributed by atoms with E-state index in [1.165, 1.54) is 0 Å². The van der Waals surface area contributed by atoms with Crippen LogP contribution in [0.5, 0.6) is 0 Å². The summed E-state index contributed by atoms with van der Waals surface area (Å²) in [6, 6.07) is 0.313. The zero-order chi connectivity index (χ0) is 12.3. The molecule has 0 unspecified atom stereocenters. The number of carbonyl (C=O) groups is 1. The number of hydrogen-bond donors (Lipinski definition) is 0. The predicted octanol–water partition coefficient (Wildman–Crippen LogP) is 1.91. The molecule has 0 aliphatic carbocycles. The summed E-state index contributed by atoms with van der Waals surface area (Å²) in [6.07, 6.45) is 7.67. The van der Waals surface area contributed by atoms with E-state index < -0.39 is 0 Å². The quantitative estimate of drug-likeness (QED) is 0.703. The normalized spacial score (nSPS) is 32.7. The lowest BCUT2D eigenvalue weighted by atomic mass is 9.83. The maximum absolute atomic E-state index is 12.0. The molecule has 2 aliphatic rings. The molecule has 2 aliphatic heterocycles. The van der Waals surface area contributed by atoms with Crippen LogP contribution in [0, 0.1) is 5.92 Å². The van der Waals surface area contributed by atoms with Crippen LogP contribution in [0.1, 0.15) is 32.6 Å². The smallest absolute Gasteiger partial charge is 0.248 e. The molecule has 0 saturated carbocycles. The summed E-state index contributed by atoms with van der Waals surface area (Å²) < 4.78 is 10.5. The van der Waals surface area contributed by atoms with Gasteiger partial charge in [0.15, 0.2) is 0 Å². The Morgan fingerprint density at radius 1 is 1.47 bits per heavy atom. The third-order valence-corrected chi connectivity index (χ3v) is 3.79. The number of carbonyl (C=O) groups excluding carboxylic acids is 1.